The maximum Gasteiger partial charge on any atom is 0.0813 e. The summed E-state index contributed by atoms with van der Waals surface area (Å²) in [4.78, 5) is 10.8. The Morgan fingerprint density at radius 2 is 0.905 bits per heavy atom. The molecular weight excluding hydrogens is 510 g/mol. The molecule has 0 N–H and O–H groups in total. The number of nitroso groups, excluding NO2 is 1. The zero-order valence-electron chi connectivity index (χ0n) is 28.8. The van der Waals surface area contributed by atoms with Crippen LogP contribution in [0, 0.1) is 32.5 Å². The summed E-state index contributed by atoms with van der Waals surface area (Å²) >= 11 is 0. The lowest BCUT2D eigenvalue weighted by atomic mass is 9.61. The van der Waals surface area contributed by atoms with Crippen molar-refractivity contribution in [2.45, 2.75) is 219 Å². The smallest absolute Gasteiger partial charge is 0.0813 e. The van der Waals surface area contributed by atoms with Crippen LogP contribution in [-0.4, -0.2) is 6.54 Å². The molecule has 0 spiro atoms. The van der Waals surface area contributed by atoms with E-state index in [2.05, 4.69) is 19.0 Å². The van der Waals surface area contributed by atoms with Gasteiger partial charge in [0.05, 0.1) is 6.54 Å². The molecule has 0 aromatic heterocycles. The maximum atomic E-state index is 10.8. The fourth-order valence-electron chi connectivity index (χ4n) is 11.2. The van der Waals surface area contributed by atoms with Crippen molar-refractivity contribution in [3.63, 3.8) is 0 Å². The van der Waals surface area contributed by atoms with Crippen LogP contribution in [0.3, 0.4) is 0 Å². The Balaban J connectivity index is 1.23. The molecule has 0 radical (unpaired) electrons. The van der Waals surface area contributed by atoms with Crippen molar-refractivity contribution < 1.29 is 0 Å². The molecule has 0 aromatic rings. The predicted octanol–water partition coefficient (Wildman–Crippen LogP) is 13.9. The summed E-state index contributed by atoms with van der Waals surface area (Å²) in [6.45, 7) is 5.23. The van der Waals surface area contributed by atoms with Crippen LogP contribution in [0.4, 0.5) is 0 Å². The second-order valence-electron chi connectivity index (χ2n) is 17.0. The minimum Gasteiger partial charge on any atom is -0.151 e. The first kappa shape index (κ1) is 34.5. The minimum atomic E-state index is 0.527. The van der Waals surface area contributed by atoms with Crippen LogP contribution in [0.15, 0.2) is 5.18 Å². The third kappa shape index (κ3) is 10.1. The molecule has 1 unspecified atom stereocenters. The lowest BCUT2D eigenvalue weighted by Gasteiger charge is -2.44. The normalized spacial score (nSPS) is 24.8. The third-order valence-corrected chi connectivity index (χ3v) is 14.1. The molecule has 0 aromatic carbocycles. The minimum absolute atomic E-state index is 0.527. The second-order valence-corrected chi connectivity index (χ2v) is 17.0. The first-order valence-electron chi connectivity index (χ1n) is 19.8. The van der Waals surface area contributed by atoms with E-state index in [0.717, 1.165) is 11.8 Å². The highest BCUT2D eigenvalue weighted by Gasteiger charge is 2.41. The third-order valence-electron chi connectivity index (χ3n) is 14.1. The number of rotatable bonds is 22. The summed E-state index contributed by atoms with van der Waals surface area (Å²) < 4.78 is 0. The Morgan fingerprint density at radius 1 is 0.500 bits per heavy atom. The molecule has 0 saturated heterocycles. The molecule has 0 heterocycles. The maximum absolute atomic E-state index is 10.8. The van der Waals surface area contributed by atoms with E-state index in [4.69, 9.17) is 0 Å². The van der Waals surface area contributed by atoms with Crippen molar-refractivity contribution in [1.82, 2.24) is 0 Å². The molecule has 2 heteroatoms. The number of hydrogen-bond acceptors (Lipinski definition) is 2. The summed E-state index contributed by atoms with van der Waals surface area (Å²) in [7, 11) is 0. The van der Waals surface area contributed by atoms with Gasteiger partial charge in [0.2, 0.25) is 0 Å². The lowest BCUT2D eigenvalue weighted by molar-refractivity contribution is 0.0785. The quantitative estimate of drug-likeness (QED) is 0.0920. The van der Waals surface area contributed by atoms with Gasteiger partial charge in [-0.05, 0) is 137 Å². The predicted molar refractivity (Wildman–Crippen MR) is 183 cm³/mol. The van der Waals surface area contributed by atoms with Crippen LogP contribution < -0.4 is 0 Å². The zero-order valence-corrected chi connectivity index (χ0v) is 28.8. The van der Waals surface area contributed by atoms with Crippen LogP contribution in [-0.2, 0) is 0 Å². The van der Waals surface area contributed by atoms with Crippen molar-refractivity contribution >= 4 is 0 Å². The summed E-state index contributed by atoms with van der Waals surface area (Å²) in [5, 5.41) is 3.20. The van der Waals surface area contributed by atoms with Crippen LogP contribution in [0.25, 0.3) is 0 Å². The largest absolute Gasteiger partial charge is 0.151 e. The van der Waals surface area contributed by atoms with Gasteiger partial charge in [-0.15, -0.1) is 0 Å². The van der Waals surface area contributed by atoms with E-state index >= 15 is 0 Å². The highest BCUT2D eigenvalue weighted by atomic mass is 16.3. The van der Waals surface area contributed by atoms with Crippen molar-refractivity contribution in [1.29, 1.82) is 0 Å². The molecule has 0 bridgehead atoms. The Bertz CT molecular complexity index is 735. The van der Waals surface area contributed by atoms with E-state index in [9.17, 15) is 4.91 Å². The highest BCUT2D eigenvalue weighted by Crippen LogP contribution is 2.55. The van der Waals surface area contributed by atoms with E-state index in [-0.39, 0.29) is 0 Å². The first-order chi connectivity index (χ1) is 20.5. The van der Waals surface area contributed by atoms with Crippen molar-refractivity contribution in [2.24, 2.45) is 32.8 Å². The molecule has 0 aliphatic heterocycles. The Labute approximate surface area is 263 Å². The average Bonchev–Trinajstić information content (AvgIpc) is 3.65. The zero-order chi connectivity index (χ0) is 29.6. The molecule has 4 saturated carbocycles. The fraction of sp³-hybridized carbons (Fsp3) is 1.00. The van der Waals surface area contributed by atoms with Crippen molar-refractivity contribution in [2.75, 3.05) is 6.54 Å². The van der Waals surface area contributed by atoms with Crippen molar-refractivity contribution in [3.05, 3.63) is 4.91 Å². The molecule has 1 atom stereocenters. The van der Waals surface area contributed by atoms with Crippen LogP contribution in [0.2, 0.25) is 0 Å². The Kier molecular flexibility index (Phi) is 14.2. The lowest BCUT2D eigenvalue weighted by Crippen LogP contribution is -2.31. The van der Waals surface area contributed by atoms with Gasteiger partial charge >= 0.3 is 0 Å². The van der Waals surface area contributed by atoms with Gasteiger partial charge in [0.1, 0.15) is 0 Å². The average molecular weight is 584 g/mol. The van der Waals surface area contributed by atoms with Gasteiger partial charge in [0.15, 0.2) is 0 Å². The van der Waals surface area contributed by atoms with Crippen LogP contribution in [0.1, 0.15) is 219 Å². The highest BCUT2D eigenvalue weighted by molar-refractivity contribution is 4.93. The van der Waals surface area contributed by atoms with Gasteiger partial charge in [-0.2, -0.15) is 4.91 Å². The van der Waals surface area contributed by atoms with E-state index in [0.29, 0.717) is 28.7 Å². The van der Waals surface area contributed by atoms with E-state index in [1.54, 1.807) is 44.9 Å². The summed E-state index contributed by atoms with van der Waals surface area (Å²) in [6, 6.07) is 0. The molecule has 2 nitrogen and oxygen atoms in total. The van der Waals surface area contributed by atoms with Crippen molar-refractivity contribution in [3.8, 4) is 0 Å². The topological polar surface area (TPSA) is 29.4 Å². The SMILES string of the molecule is CCCCCC1(CCCC2(CCCC3(CCCC4(CC(CC)CCN=O)CCCC4)CCC3)CCCC2)CCCCC1. The van der Waals surface area contributed by atoms with Gasteiger partial charge < -0.3 is 0 Å². The molecule has 244 valence electrons. The van der Waals surface area contributed by atoms with Gasteiger partial charge in [-0.1, -0.05) is 115 Å². The molecule has 4 aliphatic rings. The molecule has 0 amide bonds. The van der Waals surface area contributed by atoms with Gasteiger partial charge in [-0.3, -0.25) is 0 Å². The first-order valence-corrected chi connectivity index (χ1v) is 19.8. The Morgan fingerprint density at radius 3 is 1.31 bits per heavy atom. The standard InChI is InChI=1S/C40H73NO/c1-3-5-7-19-37(20-8-6-9-21-37)26-14-27-38(22-10-11-23-38)28-15-29-39(30-16-31-39)32-17-33-40(24-12-13-25-40)35-36(4-2)18-34-41-42/h36H,3-35H2,1-2H3. The van der Waals surface area contributed by atoms with Crippen LogP contribution in [0.5, 0.6) is 0 Å². The monoisotopic (exact) mass is 584 g/mol. The van der Waals surface area contributed by atoms with Crippen LogP contribution >= 0.6 is 0 Å². The second kappa shape index (κ2) is 17.3. The summed E-state index contributed by atoms with van der Waals surface area (Å²) in [5.74, 6) is 0.713. The summed E-state index contributed by atoms with van der Waals surface area (Å²) in [6.07, 6.45) is 47.2. The fourth-order valence-corrected chi connectivity index (χ4v) is 11.2. The molecule has 4 rings (SSSR count). The number of hydrogen-bond donors (Lipinski definition) is 0. The summed E-state index contributed by atoms with van der Waals surface area (Å²) in [5.41, 5.74) is 2.73. The van der Waals surface area contributed by atoms with E-state index < -0.39 is 0 Å². The van der Waals surface area contributed by atoms with E-state index in [1.165, 1.54) is 154 Å². The molecular formula is C40H73NO. The molecule has 4 aliphatic carbocycles. The van der Waals surface area contributed by atoms with E-state index in [1.807, 2.05) is 0 Å². The number of unbranched alkanes of at least 4 members (excludes halogenated alkanes) is 2. The van der Waals surface area contributed by atoms with Gasteiger partial charge in [0, 0.05) is 0 Å². The van der Waals surface area contributed by atoms with Gasteiger partial charge in [-0.25, -0.2) is 0 Å². The molecule has 42 heavy (non-hydrogen) atoms. The Hall–Kier alpha value is -0.400. The molecule has 4 fully saturated rings. The number of nitrogens with zero attached hydrogens (tertiary/aromatic N) is 1. The van der Waals surface area contributed by atoms with Gasteiger partial charge in [0.25, 0.3) is 0 Å².